The summed E-state index contributed by atoms with van der Waals surface area (Å²) in [5.41, 5.74) is 4.86. The lowest BCUT2D eigenvalue weighted by Gasteiger charge is -2.25. The summed E-state index contributed by atoms with van der Waals surface area (Å²) < 4.78 is 18.8. The number of nitrogens with two attached hydrogens (primary N) is 1. The standard InChI is InChI=1S/C12H18FNO3/c1-4-15-16-8-12(2,3)17-9-5-6-11(14)10(13)7-9/h5-7H,4,8,14H2,1-3H3. The molecule has 0 heterocycles. The highest BCUT2D eigenvalue weighted by Crippen LogP contribution is 2.22. The summed E-state index contributed by atoms with van der Waals surface area (Å²) in [5, 5.41) is 0. The van der Waals surface area contributed by atoms with Gasteiger partial charge in [-0.2, -0.15) is 0 Å². The molecule has 96 valence electrons. The average Bonchev–Trinajstić information content (AvgIpc) is 2.23. The van der Waals surface area contributed by atoms with Gasteiger partial charge in [0.15, 0.2) is 0 Å². The third-order valence-electron chi connectivity index (χ3n) is 1.97. The second-order valence-electron chi connectivity index (χ2n) is 4.21. The minimum Gasteiger partial charge on any atom is -0.485 e. The van der Waals surface area contributed by atoms with Crippen LogP contribution in [0.3, 0.4) is 0 Å². The van der Waals surface area contributed by atoms with Crippen LogP contribution >= 0.6 is 0 Å². The van der Waals surface area contributed by atoms with Crippen molar-refractivity contribution in [3.05, 3.63) is 24.0 Å². The van der Waals surface area contributed by atoms with Gasteiger partial charge in [0.2, 0.25) is 0 Å². The van der Waals surface area contributed by atoms with E-state index in [2.05, 4.69) is 0 Å². The van der Waals surface area contributed by atoms with Crippen LogP contribution in [0.15, 0.2) is 18.2 Å². The Bertz CT molecular complexity index is 369. The Hall–Kier alpha value is -1.33. The monoisotopic (exact) mass is 243 g/mol. The summed E-state index contributed by atoms with van der Waals surface area (Å²) in [6.07, 6.45) is 0. The van der Waals surface area contributed by atoms with Gasteiger partial charge in [-0.05, 0) is 32.9 Å². The zero-order valence-electron chi connectivity index (χ0n) is 10.3. The molecule has 0 saturated carbocycles. The fourth-order valence-electron chi connectivity index (χ4n) is 1.19. The Morgan fingerprint density at radius 3 is 2.59 bits per heavy atom. The molecule has 17 heavy (non-hydrogen) atoms. The van der Waals surface area contributed by atoms with E-state index in [-0.39, 0.29) is 12.3 Å². The molecule has 0 fully saturated rings. The van der Waals surface area contributed by atoms with Crippen LogP contribution in [-0.4, -0.2) is 18.8 Å². The van der Waals surface area contributed by atoms with E-state index >= 15 is 0 Å². The van der Waals surface area contributed by atoms with Crippen molar-refractivity contribution in [2.24, 2.45) is 0 Å². The molecule has 2 N–H and O–H groups in total. The quantitative estimate of drug-likeness (QED) is 0.361. The zero-order valence-corrected chi connectivity index (χ0v) is 10.3. The van der Waals surface area contributed by atoms with Crippen molar-refractivity contribution in [2.45, 2.75) is 26.4 Å². The predicted molar refractivity (Wildman–Crippen MR) is 63.1 cm³/mol. The molecule has 5 heteroatoms. The molecule has 1 rings (SSSR count). The lowest BCUT2D eigenvalue weighted by atomic mass is 10.1. The van der Waals surface area contributed by atoms with Crippen molar-refractivity contribution in [3.63, 3.8) is 0 Å². The second-order valence-corrected chi connectivity index (χ2v) is 4.21. The molecule has 0 aromatic heterocycles. The van der Waals surface area contributed by atoms with Gasteiger partial charge in [0, 0.05) is 6.07 Å². The second kappa shape index (κ2) is 5.84. The van der Waals surface area contributed by atoms with Crippen LogP contribution in [0.1, 0.15) is 20.8 Å². The molecule has 0 aliphatic rings. The molecule has 1 aromatic rings. The summed E-state index contributed by atoms with van der Waals surface area (Å²) >= 11 is 0. The Morgan fingerprint density at radius 2 is 2.00 bits per heavy atom. The molecule has 0 saturated heterocycles. The highest BCUT2D eigenvalue weighted by atomic mass is 19.1. The number of halogens is 1. The first-order valence-corrected chi connectivity index (χ1v) is 5.43. The number of rotatable bonds is 6. The molecule has 0 amide bonds. The number of hydrogen-bond acceptors (Lipinski definition) is 4. The highest BCUT2D eigenvalue weighted by Gasteiger charge is 2.21. The molecule has 4 nitrogen and oxygen atoms in total. The van der Waals surface area contributed by atoms with Crippen LogP contribution < -0.4 is 10.5 Å². The molecular formula is C12H18FNO3. The van der Waals surface area contributed by atoms with E-state index in [1.807, 2.05) is 20.8 Å². The third kappa shape index (κ3) is 4.58. The summed E-state index contributed by atoms with van der Waals surface area (Å²) in [5.74, 6) is -0.0918. The van der Waals surface area contributed by atoms with Gasteiger partial charge in [0.25, 0.3) is 0 Å². The fourth-order valence-corrected chi connectivity index (χ4v) is 1.19. The summed E-state index contributed by atoms with van der Waals surface area (Å²) in [6, 6.07) is 4.32. The van der Waals surface area contributed by atoms with Gasteiger partial charge in [-0.25, -0.2) is 14.2 Å². The van der Waals surface area contributed by atoms with Crippen molar-refractivity contribution in [3.8, 4) is 5.75 Å². The van der Waals surface area contributed by atoms with Crippen molar-refractivity contribution in [1.29, 1.82) is 0 Å². The van der Waals surface area contributed by atoms with Crippen molar-refractivity contribution in [2.75, 3.05) is 18.9 Å². The number of ether oxygens (including phenoxy) is 1. The lowest BCUT2D eigenvalue weighted by Crippen LogP contribution is -2.34. The van der Waals surface area contributed by atoms with Gasteiger partial charge < -0.3 is 10.5 Å². The maximum absolute atomic E-state index is 13.2. The minimum absolute atomic E-state index is 0.0979. The van der Waals surface area contributed by atoms with Crippen molar-refractivity contribution >= 4 is 5.69 Å². The SMILES string of the molecule is CCOOCC(C)(C)Oc1ccc(N)c(F)c1. The van der Waals surface area contributed by atoms with E-state index in [1.165, 1.54) is 12.1 Å². The van der Waals surface area contributed by atoms with E-state index in [0.717, 1.165) is 0 Å². The first kappa shape index (κ1) is 13.7. The number of nitrogen functional groups attached to an aromatic ring is 1. The Morgan fingerprint density at radius 1 is 1.29 bits per heavy atom. The molecule has 0 atom stereocenters. The first-order valence-electron chi connectivity index (χ1n) is 5.43. The maximum atomic E-state index is 13.2. The van der Waals surface area contributed by atoms with Gasteiger partial charge in [0.1, 0.15) is 23.8 Å². The van der Waals surface area contributed by atoms with Gasteiger partial charge in [-0.15, -0.1) is 0 Å². The zero-order chi connectivity index (χ0) is 12.9. The summed E-state index contributed by atoms with van der Waals surface area (Å²) in [6.45, 7) is 6.17. The molecular weight excluding hydrogens is 225 g/mol. The molecule has 0 bridgehead atoms. The topological polar surface area (TPSA) is 53.7 Å². The highest BCUT2D eigenvalue weighted by molar-refractivity contribution is 5.43. The largest absolute Gasteiger partial charge is 0.485 e. The van der Waals surface area contributed by atoms with Crippen LogP contribution in [0.2, 0.25) is 0 Å². The van der Waals surface area contributed by atoms with E-state index < -0.39 is 11.4 Å². The fraction of sp³-hybridized carbons (Fsp3) is 0.500. The minimum atomic E-state index is -0.613. The van der Waals surface area contributed by atoms with E-state index in [9.17, 15) is 4.39 Å². The van der Waals surface area contributed by atoms with Crippen LogP contribution in [-0.2, 0) is 9.78 Å². The first-order chi connectivity index (χ1) is 7.94. The number of hydrogen-bond donors (Lipinski definition) is 1. The van der Waals surface area contributed by atoms with Crippen LogP contribution in [0.5, 0.6) is 5.75 Å². The van der Waals surface area contributed by atoms with E-state index in [1.54, 1.807) is 6.07 Å². The van der Waals surface area contributed by atoms with E-state index in [4.69, 9.17) is 20.2 Å². The van der Waals surface area contributed by atoms with Crippen LogP contribution in [0, 0.1) is 5.82 Å². The molecule has 1 aromatic carbocycles. The predicted octanol–water partition coefficient (Wildman–Crippen LogP) is 2.53. The van der Waals surface area contributed by atoms with Crippen molar-refractivity contribution < 1.29 is 18.9 Å². The van der Waals surface area contributed by atoms with Gasteiger partial charge in [0.05, 0.1) is 12.3 Å². The summed E-state index contributed by atoms with van der Waals surface area (Å²) in [4.78, 5) is 9.71. The molecule has 0 unspecified atom stereocenters. The molecule has 0 radical (unpaired) electrons. The van der Waals surface area contributed by atoms with E-state index in [0.29, 0.717) is 12.4 Å². The molecule has 0 aliphatic carbocycles. The normalized spacial score (nSPS) is 11.5. The average molecular weight is 243 g/mol. The van der Waals surface area contributed by atoms with Gasteiger partial charge >= 0.3 is 0 Å². The Kier molecular flexibility index (Phi) is 4.72. The Labute approximate surface area is 100 Å². The van der Waals surface area contributed by atoms with Crippen molar-refractivity contribution in [1.82, 2.24) is 0 Å². The van der Waals surface area contributed by atoms with Gasteiger partial charge in [-0.3, -0.25) is 0 Å². The number of anilines is 1. The maximum Gasteiger partial charge on any atom is 0.149 e. The number of benzene rings is 1. The molecule has 0 spiro atoms. The third-order valence-corrected chi connectivity index (χ3v) is 1.97. The molecule has 0 aliphatic heterocycles. The summed E-state index contributed by atoms with van der Waals surface area (Å²) in [7, 11) is 0. The van der Waals surface area contributed by atoms with Crippen LogP contribution in [0.4, 0.5) is 10.1 Å². The van der Waals surface area contributed by atoms with Crippen LogP contribution in [0.25, 0.3) is 0 Å². The lowest BCUT2D eigenvalue weighted by molar-refractivity contribution is -0.308. The van der Waals surface area contributed by atoms with Gasteiger partial charge in [-0.1, -0.05) is 0 Å². The Balaban J connectivity index is 2.59. The smallest absolute Gasteiger partial charge is 0.149 e.